The fraction of sp³-hybridized carbons (Fsp3) is 0.115. The summed E-state index contributed by atoms with van der Waals surface area (Å²) in [5.74, 6) is -0.267. The van der Waals surface area contributed by atoms with Crippen LogP contribution in [0.25, 0.3) is 11.3 Å². The van der Waals surface area contributed by atoms with Gasteiger partial charge in [0, 0.05) is 40.2 Å². The minimum atomic E-state index is -4.59. The molecule has 1 aromatic heterocycles. The molecule has 182 valence electrons. The van der Waals surface area contributed by atoms with Gasteiger partial charge in [0.1, 0.15) is 5.82 Å². The van der Waals surface area contributed by atoms with E-state index < -0.39 is 17.6 Å². The van der Waals surface area contributed by atoms with Crippen molar-refractivity contribution in [2.75, 3.05) is 12.4 Å². The third kappa shape index (κ3) is 4.33. The Kier molecular flexibility index (Phi) is 5.79. The van der Waals surface area contributed by atoms with Gasteiger partial charge in [-0.1, -0.05) is 18.2 Å². The van der Waals surface area contributed by atoms with Crippen LogP contribution in [0.15, 0.2) is 71.9 Å². The second-order valence-electron chi connectivity index (χ2n) is 7.98. The van der Waals surface area contributed by atoms with Gasteiger partial charge in [-0.05, 0) is 36.4 Å². The molecule has 1 aliphatic rings. The van der Waals surface area contributed by atoms with Crippen molar-refractivity contribution in [3.63, 3.8) is 0 Å². The molecule has 0 saturated carbocycles. The van der Waals surface area contributed by atoms with Crippen LogP contribution in [-0.4, -0.2) is 27.9 Å². The third-order valence-electron chi connectivity index (χ3n) is 5.69. The molecule has 5 rings (SSSR count). The van der Waals surface area contributed by atoms with Crippen molar-refractivity contribution in [2.24, 2.45) is 4.99 Å². The first-order valence-electron chi connectivity index (χ1n) is 10.8. The average Bonchev–Trinajstić information content (AvgIpc) is 3.01. The van der Waals surface area contributed by atoms with E-state index in [2.05, 4.69) is 20.3 Å². The van der Waals surface area contributed by atoms with E-state index in [1.165, 1.54) is 49.7 Å². The standard InChI is InChI=1S/C26H18F4N4O2/c1-36-22-11-16(7-9-21(22)35)33-25-32-13-14-12-31-24(18-4-2-3-5-20(18)27)17-8-6-15(26(28,29)30)10-19(17)23(14)34-25/h2-11,13,35H,12H2,1H3,(H,32,33,34). The normalized spacial score (nSPS) is 12.8. The number of benzene rings is 3. The van der Waals surface area contributed by atoms with Crippen LogP contribution >= 0.6 is 0 Å². The highest BCUT2D eigenvalue weighted by molar-refractivity contribution is 6.17. The van der Waals surface area contributed by atoms with Gasteiger partial charge in [0.25, 0.3) is 0 Å². The van der Waals surface area contributed by atoms with Crippen molar-refractivity contribution in [1.82, 2.24) is 9.97 Å². The van der Waals surface area contributed by atoms with E-state index in [9.17, 15) is 22.7 Å². The summed E-state index contributed by atoms with van der Waals surface area (Å²) in [6.45, 7) is 0.0440. The summed E-state index contributed by atoms with van der Waals surface area (Å²) in [6, 6.07) is 13.7. The molecule has 0 aliphatic carbocycles. The molecule has 2 heterocycles. The zero-order chi connectivity index (χ0) is 25.4. The van der Waals surface area contributed by atoms with Crippen LogP contribution in [0, 0.1) is 5.82 Å². The van der Waals surface area contributed by atoms with Gasteiger partial charge in [-0.3, -0.25) is 4.99 Å². The molecule has 3 aromatic carbocycles. The van der Waals surface area contributed by atoms with E-state index in [-0.39, 0.29) is 46.5 Å². The van der Waals surface area contributed by atoms with E-state index in [1.54, 1.807) is 12.1 Å². The lowest BCUT2D eigenvalue weighted by Gasteiger charge is -2.15. The number of aromatic nitrogens is 2. The molecule has 6 nitrogen and oxygen atoms in total. The van der Waals surface area contributed by atoms with Gasteiger partial charge in [0.15, 0.2) is 11.5 Å². The number of ether oxygens (including phenoxy) is 1. The van der Waals surface area contributed by atoms with Crippen molar-refractivity contribution in [3.8, 4) is 22.8 Å². The number of alkyl halides is 3. The average molecular weight is 494 g/mol. The summed E-state index contributed by atoms with van der Waals surface area (Å²) in [4.78, 5) is 13.3. The number of rotatable bonds is 4. The molecule has 10 heteroatoms. The van der Waals surface area contributed by atoms with Crippen molar-refractivity contribution in [1.29, 1.82) is 0 Å². The number of phenols is 1. The smallest absolute Gasteiger partial charge is 0.416 e. The number of anilines is 2. The van der Waals surface area contributed by atoms with Gasteiger partial charge < -0.3 is 15.2 Å². The first kappa shape index (κ1) is 23.3. The first-order chi connectivity index (χ1) is 17.2. The molecule has 2 N–H and O–H groups in total. The van der Waals surface area contributed by atoms with Gasteiger partial charge in [0.05, 0.1) is 30.6 Å². The number of fused-ring (bicyclic) bond motifs is 3. The largest absolute Gasteiger partial charge is 0.504 e. The van der Waals surface area contributed by atoms with Crippen LogP contribution in [0.2, 0.25) is 0 Å². The van der Waals surface area contributed by atoms with Gasteiger partial charge in [-0.25, -0.2) is 14.4 Å². The molecule has 0 unspecified atom stereocenters. The zero-order valence-electron chi connectivity index (χ0n) is 18.8. The van der Waals surface area contributed by atoms with Crippen molar-refractivity contribution >= 4 is 17.3 Å². The van der Waals surface area contributed by atoms with Crippen molar-refractivity contribution < 1.29 is 27.4 Å². The Balaban J connectivity index is 1.65. The maximum atomic E-state index is 14.7. The van der Waals surface area contributed by atoms with E-state index in [4.69, 9.17) is 4.74 Å². The maximum absolute atomic E-state index is 14.7. The topological polar surface area (TPSA) is 79.6 Å². The Bertz CT molecular complexity index is 1500. The molecule has 0 bridgehead atoms. The second-order valence-corrected chi connectivity index (χ2v) is 7.98. The monoisotopic (exact) mass is 494 g/mol. The maximum Gasteiger partial charge on any atom is 0.416 e. The second kappa shape index (κ2) is 8.95. The minimum absolute atomic E-state index is 0.0440. The Morgan fingerprint density at radius 3 is 2.53 bits per heavy atom. The highest BCUT2D eigenvalue weighted by Crippen LogP contribution is 2.38. The van der Waals surface area contributed by atoms with Gasteiger partial charge in [0.2, 0.25) is 5.95 Å². The predicted molar refractivity (Wildman–Crippen MR) is 126 cm³/mol. The highest BCUT2D eigenvalue weighted by Gasteiger charge is 2.33. The minimum Gasteiger partial charge on any atom is -0.504 e. The Labute approximate surface area is 203 Å². The van der Waals surface area contributed by atoms with Crippen LogP contribution < -0.4 is 10.1 Å². The molecule has 1 aliphatic heterocycles. The van der Waals surface area contributed by atoms with Crippen LogP contribution in [0.1, 0.15) is 22.3 Å². The quantitative estimate of drug-likeness (QED) is 0.264. The van der Waals surface area contributed by atoms with Gasteiger partial charge in [-0.15, -0.1) is 0 Å². The van der Waals surface area contributed by atoms with E-state index in [1.807, 2.05) is 0 Å². The Hall–Kier alpha value is -4.47. The zero-order valence-corrected chi connectivity index (χ0v) is 18.8. The van der Waals surface area contributed by atoms with Crippen molar-refractivity contribution in [2.45, 2.75) is 12.7 Å². The van der Waals surface area contributed by atoms with Gasteiger partial charge >= 0.3 is 6.18 Å². The van der Waals surface area contributed by atoms with E-state index in [0.29, 0.717) is 16.8 Å². The molecule has 36 heavy (non-hydrogen) atoms. The molecule has 0 amide bonds. The first-order valence-corrected chi connectivity index (χ1v) is 10.8. The third-order valence-corrected chi connectivity index (χ3v) is 5.69. The molecule has 0 radical (unpaired) electrons. The molecule has 0 spiro atoms. The summed E-state index contributed by atoms with van der Waals surface area (Å²) < 4.78 is 60.6. The number of halogens is 4. The molecule has 0 atom stereocenters. The molecule has 4 aromatic rings. The number of hydrogen-bond acceptors (Lipinski definition) is 6. The number of methoxy groups -OCH3 is 1. The lowest BCUT2D eigenvalue weighted by Crippen LogP contribution is -2.10. The number of aliphatic imine (C=N–C) groups is 1. The molecular formula is C26H18F4N4O2. The number of phenolic OH excluding ortho intramolecular Hbond substituents is 1. The SMILES string of the molecule is COc1cc(Nc2ncc3c(n2)-c2cc(C(F)(F)F)ccc2C(c2ccccc2F)=NC3)ccc1O. The Morgan fingerprint density at radius 2 is 1.78 bits per heavy atom. The number of aromatic hydroxyl groups is 1. The van der Waals surface area contributed by atoms with Crippen LogP contribution in [0.5, 0.6) is 11.5 Å². The van der Waals surface area contributed by atoms with Crippen LogP contribution in [0.3, 0.4) is 0 Å². The highest BCUT2D eigenvalue weighted by atomic mass is 19.4. The summed E-state index contributed by atoms with van der Waals surface area (Å²) >= 11 is 0. The summed E-state index contributed by atoms with van der Waals surface area (Å²) in [5.41, 5.74) is 1.24. The lowest BCUT2D eigenvalue weighted by atomic mass is 9.93. The van der Waals surface area contributed by atoms with Crippen LogP contribution in [-0.2, 0) is 12.7 Å². The lowest BCUT2D eigenvalue weighted by molar-refractivity contribution is -0.137. The van der Waals surface area contributed by atoms with E-state index in [0.717, 1.165) is 12.1 Å². The summed E-state index contributed by atoms with van der Waals surface area (Å²) in [6.07, 6.45) is -3.12. The molecule has 0 saturated heterocycles. The fourth-order valence-electron chi connectivity index (χ4n) is 3.96. The predicted octanol–water partition coefficient (Wildman–Crippen LogP) is 6.11. The Morgan fingerprint density at radius 1 is 0.972 bits per heavy atom. The fourth-order valence-corrected chi connectivity index (χ4v) is 3.96. The molecule has 0 fully saturated rings. The number of nitrogens with one attached hydrogen (secondary N) is 1. The van der Waals surface area contributed by atoms with Crippen molar-refractivity contribution in [3.05, 3.63) is 94.9 Å². The number of hydrogen-bond donors (Lipinski definition) is 2. The summed E-state index contributed by atoms with van der Waals surface area (Å²) in [7, 11) is 1.40. The summed E-state index contributed by atoms with van der Waals surface area (Å²) in [5, 5.41) is 12.8. The number of nitrogens with zero attached hydrogens (tertiary/aromatic N) is 3. The van der Waals surface area contributed by atoms with Crippen LogP contribution in [0.4, 0.5) is 29.2 Å². The van der Waals surface area contributed by atoms with Gasteiger partial charge in [-0.2, -0.15) is 13.2 Å². The van der Waals surface area contributed by atoms with E-state index >= 15 is 0 Å². The molecular weight excluding hydrogens is 476 g/mol.